The van der Waals surface area contributed by atoms with Gasteiger partial charge in [0.2, 0.25) is 5.91 Å². The Bertz CT molecular complexity index is 239. The van der Waals surface area contributed by atoms with E-state index in [9.17, 15) is 9.59 Å². The van der Waals surface area contributed by atoms with Crippen molar-refractivity contribution in [1.29, 1.82) is 0 Å². The molecular weight excluding hydrogens is 180 g/mol. The summed E-state index contributed by atoms with van der Waals surface area (Å²) in [4.78, 5) is 24.2. The number of piperidine rings is 1. The van der Waals surface area contributed by atoms with Crippen molar-refractivity contribution >= 4 is 11.7 Å². The molecule has 80 valence electrons. The fourth-order valence-electron chi connectivity index (χ4n) is 1.60. The zero-order valence-electron chi connectivity index (χ0n) is 8.88. The van der Waals surface area contributed by atoms with Crippen molar-refractivity contribution in [3.63, 3.8) is 0 Å². The normalized spacial score (nSPS) is 19.7. The maximum Gasteiger partial charge on any atom is 0.224 e. The van der Waals surface area contributed by atoms with E-state index in [2.05, 4.69) is 4.90 Å². The molecule has 0 aromatic rings. The minimum atomic E-state index is -0.500. The number of ketones is 1. The first-order valence-electron chi connectivity index (χ1n) is 4.96. The first-order chi connectivity index (χ1) is 6.42. The molecule has 0 radical (unpaired) electrons. The number of hydrogen-bond acceptors (Lipinski definition) is 3. The molecular formula is C10H18N2O2. The summed E-state index contributed by atoms with van der Waals surface area (Å²) in [6.45, 7) is 5.85. The van der Waals surface area contributed by atoms with Gasteiger partial charge >= 0.3 is 0 Å². The summed E-state index contributed by atoms with van der Waals surface area (Å²) in [5, 5.41) is 0. The standard InChI is InChI=1S/C10H18N2O2/c1-10(2,9(11)14)7-12-5-3-8(13)4-6-12/h3-7H2,1-2H3,(H2,11,14). The molecule has 0 unspecified atom stereocenters. The number of carbonyl (C=O) groups is 2. The molecule has 1 fully saturated rings. The van der Waals surface area contributed by atoms with E-state index in [1.807, 2.05) is 13.8 Å². The summed E-state index contributed by atoms with van der Waals surface area (Å²) in [7, 11) is 0. The average molecular weight is 198 g/mol. The highest BCUT2D eigenvalue weighted by molar-refractivity contribution is 5.81. The van der Waals surface area contributed by atoms with Crippen molar-refractivity contribution in [3.05, 3.63) is 0 Å². The molecule has 0 bridgehead atoms. The summed E-state index contributed by atoms with van der Waals surface area (Å²) in [5.41, 5.74) is 4.78. The van der Waals surface area contributed by atoms with Crippen LogP contribution in [0.3, 0.4) is 0 Å². The molecule has 1 aliphatic rings. The van der Waals surface area contributed by atoms with Crippen LogP contribution in [0.1, 0.15) is 26.7 Å². The molecule has 0 saturated carbocycles. The Morgan fingerprint density at radius 2 is 1.93 bits per heavy atom. The average Bonchev–Trinajstić information content (AvgIpc) is 2.08. The highest BCUT2D eigenvalue weighted by atomic mass is 16.1. The van der Waals surface area contributed by atoms with Gasteiger partial charge in [-0.2, -0.15) is 0 Å². The van der Waals surface area contributed by atoms with Crippen molar-refractivity contribution in [2.24, 2.45) is 11.1 Å². The van der Waals surface area contributed by atoms with E-state index in [-0.39, 0.29) is 5.91 Å². The Morgan fingerprint density at radius 1 is 1.43 bits per heavy atom. The van der Waals surface area contributed by atoms with Crippen molar-refractivity contribution in [2.75, 3.05) is 19.6 Å². The van der Waals surface area contributed by atoms with Gasteiger partial charge in [-0.3, -0.25) is 9.59 Å². The lowest BCUT2D eigenvalue weighted by molar-refractivity contribution is -0.127. The van der Waals surface area contributed by atoms with Gasteiger partial charge in [0.1, 0.15) is 5.78 Å². The smallest absolute Gasteiger partial charge is 0.224 e. The summed E-state index contributed by atoms with van der Waals surface area (Å²) in [6, 6.07) is 0. The van der Waals surface area contributed by atoms with Gasteiger partial charge in [0.25, 0.3) is 0 Å². The van der Waals surface area contributed by atoms with Crippen molar-refractivity contribution in [1.82, 2.24) is 4.90 Å². The molecule has 1 amide bonds. The van der Waals surface area contributed by atoms with Gasteiger partial charge in [0, 0.05) is 32.5 Å². The van der Waals surface area contributed by atoms with E-state index in [1.165, 1.54) is 0 Å². The number of rotatable bonds is 3. The monoisotopic (exact) mass is 198 g/mol. The highest BCUT2D eigenvalue weighted by Crippen LogP contribution is 2.18. The first kappa shape index (κ1) is 11.2. The Labute approximate surface area is 84.4 Å². The van der Waals surface area contributed by atoms with Crippen LogP contribution in [-0.2, 0) is 9.59 Å². The molecule has 1 aliphatic heterocycles. The molecule has 4 heteroatoms. The second-order valence-corrected chi connectivity index (χ2v) is 4.56. The molecule has 0 aromatic heterocycles. The molecule has 0 aliphatic carbocycles. The van der Waals surface area contributed by atoms with Gasteiger partial charge in [-0.1, -0.05) is 0 Å². The minimum absolute atomic E-state index is 0.283. The molecule has 0 aromatic carbocycles. The van der Waals surface area contributed by atoms with Crippen LogP contribution in [0.2, 0.25) is 0 Å². The number of hydrogen-bond donors (Lipinski definition) is 1. The predicted octanol–water partition coefficient (Wildman–Crippen LogP) is 0.163. The van der Waals surface area contributed by atoms with Crippen LogP contribution in [-0.4, -0.2) is 36.2 Å². The minimum Gasteiger partial charge on any atom is -0.369 e. The second kappa shape index (κ2) is 4.09. The van der Waals surface area contributed by atoms with E-state index in [4.69, 9.17) is 5.73 Å². The number of nitrogens with zero attached hydrogens (tertiary/aromatic N) is 1. The molecule has 2 N–H and O–H groups in total. The van der Waals surface area contributed by atoms with Gasteiger partial charge in [0.05, 0.1) is 5.41 Å². The van der Waals surface area contributed by atoms with Crippen LogP contribution < -0.4 is 5.73 Å². The number of likely N-dealkylation sites (tertiary alicyclic amines) is 1. The van der Waals surface area contributed by atoms with Gasteiger partial charge < -0.3 is 10.6 Å². The van der Waals surface area contributed by atoms with E-state index in [0.29, 0.717) is 25.2 Å². The van der Waals surface area contributed by atoms with Gasteiger partial charge in [-0.25, -0.2) is 0 Å². The molecule has 1 saturated heterocycles. The topological polar surface area (TPSA) is 63.4 Å². The van der Waals surface area contributed by atoms with E-state index in [0.717, 1.165) is 13.1 Å². The predicted molar refractivity (Wildman–Crippen MR) is 53.7 cm³/mol. The third-order valence-electron chi connectivity index (χ3n) is 2.70. The first-order valence-corrected chi connectivity index (χ1v) is 4.96. The number of amides is 1. The maximum absolute atomic E-state index is 11.1. The lowest BCUT2D eigenvalue weighted by Crippen LogP contribution is -2.45. The fourth-order valence-corrected chi connectivity index (χ4v) is 1.60. The number of nitrogens with two attached hydrogens (primary N) is 1. The summed E-state index contributed by atoms with van der Waals surface area (Å²) >= 11 is 0. The third-order valence-corrected chi connectivity index (χ3v) is 2.70. The fraction of sp³-hybridized carbons (Fsp3) is 0.800. The number of carbonyl (C=O) groups excluding carboxylic acids is 2. The summed E-state index contributed by atoms with van der Waals surface area (Å²) < 4.78 is 0. The Kier molecular flexibility index (Phi) is 3.26. The van der Waals surface area contributed by atoms with Crippen LogP contribution >= 0.6 is 0 Å². The summed E-state index contributed by atoms with van der Waals surface area (Å²) in [6.07, 6.45) is 1.21. The van der Waals surface area contributed by atoms with Crippen molar-refractivity contribution in [3.8, 4) is 0 Å². The molecule has 0 spiro atoms. The molecule has 4 nitrogen and oxygen atoms in total. The SMILES string of the molecule is CC(C)(CN1CCC(=O)CC1)C(N)=O. The quantitative estimate of drug-likeness (QED) is 0.702. The molecule has 0 atom stereocenters. The van der Waals surface area contributed by atoms with Crippen LogP contribution in [0.4, 0.5) is 0 Å². The van der Waals surface area contributed by atoms with Crippen LogP contribution in [0.15, 0.2) is 0 Å². The van der Waals surface area contributed by atoms with E-state index < -0.39 is 5.41 Å². The molecule has 14 heavy (non-hydrogen) atoms. The number of primary amides is 1. The van der Waals surface area contributed by atoms with Crippen LogP contribution in [0, 0.1) is 5.41 Å². The lowest BCUT2D eigenvalue weighted by atomic mass is 9.91. The van der Waals surface area contributed by atoms with E-state index >= 15 is 0 Å². The van der Waals surface area contributed by atoms with Crippen LogP contribution in [0.25, 0.3) is 0 Å². The molecule has 1 rings (SSSR count). The lowest BCUT2D eigenvalue weighted by Gasteiger charge is -2.32. The highest BCUT2D eigenvalue weighted by Gasteiger charge is 2.29. The van der Waals surface area contributed by atoms with Gasteiger partial charge in [-0.05, 0) is 13.8 Å². The summed E-state index contributed by atoms with van der Waals surface area (Å²) in [5.74, 6) is 0.0348. The van der Waals surface area contributed by atoms with Crippen LogP contribution in [0.5, 0.6) is 0 Å². The zero-order chi connectivity index (χ0) is 10.8. The molecule has 1 heterocycles. The van der Waals surface area contributed by atoms with Gasteiger partial charge in [-0.15, -0.1) is 0 Å². The maximum atomic E-state index is 11.1. The van der Waals surface area contributed by atoms with Crippen molar-refractivity contribution < 1.29 is 9.59 Å². The Morgan fingerprint density at radius 3 is 2.36 bits per heavy atom. The number of Topliss-reactive ketones (excluding diaryl/α,β-unsaturated/α-hetero) is 1. The zero-order valence-corrected chi connectivity index (χ0v) is 8.88. The Hall–Kier alpha value is -0.900. The van der Waals surface area contributed by atoms with Gasteiger partial charge in [0.15, 0.2) is 0 Å². The third kappa shape index (κ3) is 2.80. The largest absolute Gasteiger partial charge is 0.369 e. The second-order valence-electron chi connectivity index (χ2n) is 4.56. The van der Waals surface area contributed by atoms with Crippen molar-refractivity contribution in [2.45, 2.75) is 26.7 Å². The van der Waals surface area contributed by atoms with E-state index in [1.54, 1.807) is 0 Å². The Balaban J connectivity index is 2.45.